The average molecular weight is 448 g/mol. The van der Waals surface area contributed by atoms with Gasteiger partial charge in [-0.25, -0.2) is 13.9 Å². The molecule has 0 aliphatic carbocycles. The molecule has 0 bridgehead atoms. The summed E-state index contributed by atoms with van der Waals surface area (Å²) in [7, 11) is 3.14. The molecule has 0 saturated carbocycles. The molecule has 0 spiro atoms. The van der Waals surface area contributed by atoms with E-state index >= 15 is 0 Å². The van der Waals surface area contributed by atoms with Gasteiger partial charge in [0.1, 0.15) is 0 Å². The molecule has 7 nitrogen and oxygen atoms in total. The number of nitrogens with zero attached hydrogens (tertiary/aromatic N) is 5. The van der Waals surface area contributed by atoms with Gasteiger partial charge >= 0.3 is 0 Å². The Labute approximate surface area is 191 Å². The second kappa shape index (κ2) is 9.36. The second-order valence-corrected chi connectivity index (χ2v) is 7.69. The number of aromatic nitrogens is 4. The van der Waals surface area contributed by atoms with Gasteiger partial charge in [0.05, 0.1) is 19.2 Å². The van der Waals surface area contributed by atoms with E-state index in [4.69, 9.17) is 14.8 Å². The molecule has 0 atom stereocenters. The molecule has 0 radical (unpaired) electrons. The lowest BCUT2D eigenvalue weighted by molar-refractivity contribution is -0.117. The van der Waals surface area contributed by atoms with Crippen molar-refractivity contribution >= 4 is 17.2 Å². The van der Waals surface area contributed by atoms with E-state index in [1.807, 2.05) is 19.9 Å². The first kappa shape index (κ1) is 22.4. The lowest BCUT2D eigenvalue weighted by Gasteiger charge is -2.17. The first-order valence-corrected chi connectivity index (χ1v) is 10.9. The highest BCUT2D eigenvalue weighted by Gasteiger charge is 2.23. The van der Waals surface area contributed by atoms with Gasteiger partial charge in [-0.1, -0.05) is 13.8 Å². The van der Waals surface area contributed by atoms with Crippen LogP contribution in [0.4, 0.5) is 10.1 Å². The van der Waals surface area contributed by atoms with Crippen LogP contribution in [0.15, 0.2) is 48.8 Å². The van der Waals surface area contributed by atoms with E-state index in [0.717, 1.165) is 29.9 Å². The third-order valence-electron chi connectivity index (χ3n) is 5.71. The number of ether oxygens (including phenoxy) is 1. The van der Waals surface area contributed by atoms with E-state index in [1.165, 1.54) is 13.2 Å². The van der Waals surface area contributed by atoms with Gasteiger partial charge in [-0.15, -0.1) is 0 Å². The molecule has 0 N–H and O–H groups in total. The molecule has 0 aliphatic rings. The summed E-state index contributed by atoms with van der Waals surface area (Å²) in [5, 5.41) is 4.78. The van der Waals surface area contributed by atoms with Crippen molar-refractivity contribution in [2.75, 3.05) is 19.1 Å². The van der Waals surface area contributed by atoms with Crippen molar-refractivity contribution in [3.63, 3.8) is 0 Å². The number of likely N-dealkylation sites (N-methyl/N-ethyl adjacent to an activating group) is 1. The molecule has 8 heteroatoms. The number of hydrogen-bond donors (Lipinski definition) is 0. The summed E-state index contributed by atoms with van der Waals surface area (Å²) in [6.07, 6.45) is 4.85. The largest absolute Gasteiger partial charge is 0.494 e. The van der Waals surface area contributed by atoms with Crippen molar-refractivity contribution in [1.82, 2.24) is 19.6 Å². The molecule has 3 aromatic heterocycles. The standard InChI is InChI=1S/C25H26FN5O2/c1-5-17-14-18(6-2)31-25(28-17)20(15-23(32)30(3)19-9-11-27-12-10-19)24(29-31)16-7-8-22(33-4)21(26)13-16/h7-14H,5-6,15H2,1-4H3. The van der Waals surface area contributed by atoms with E-state index in [9.17, 15) is 9.18 Å². The maximum absolute atomic E-state index is 14.5. The van der Waals surface area contributed by atoms with Gasteiger partial charge in [0.25, 0.3) is 0 Å². The summed E-state index contributed by atoms with van der Waals surface area (Å²) in [5.74, 6) is -0.470. The number of anilines is 1. The van der Waals surface area contributed by atoms with E-state index in [2.05, 4.69) is 4.98 Å². The molecule has 1 amide bonds. The van der Waals surface area contributed by atoms with Crippen LogP contribution >= 0.6 is 0 Å². The van der Waals surface area contributed by atoms with Crippen LogP contribution in [0.5, 0.6) is 5.75 Å². The van der Waals surface area contributed by atoms with E-state index in [-0.39, 0.29) is 18.1 Å². The highest BCUT2D eigenvalue weighted by molar-refractivity contribution is 5.96. The molecule has 4 aromatic rings. The number of methoxy groups -OCH3 is 1. The Bertz CT molecular complexity index is 1300. The molecule has 0 aliphatic heterocycles. The number of fused-ring (bicyclic) bond motifs is 1. The Kier molecular flexibility index (Phi) is 6.35. The number of carbonyl (C=O) groups excluding carboxylic acids is 1. The SMILES string of the molecule is CCc1cc(CC)n2nc(-c3ccc(OC)c(F)c3)c(CC(=O)N(C)c3ccncc3)c2n1. The molecule has 4 rings (SSSR count). The topological polar surface area (TPSA) is 72.6 Å². The first-order chi connectivity index (χ1) is 16.0. The zero-order chi connectivity index (χ0) is 23.5. The van der Waals surface area contributed by atoms with Crippen LogP contribution in [-0.2, 0) is 24.1 Å². The fourth-order valence-electron chi connectivity index (χ4n) is 3.80. The normalized spacial score (nSPS) is 11.1. The van der Waals surface area contributed by atoms with Crippen LogP contribution in [0.3, 0.4) is 0 Å². The molecular formula is C25H26FN5O2. The minimum atomic E-state index is -0.490. The first-order valence-electron chi connectivity index (χ1n) is 10.9. The molecular weight excluding hydrogens is 421 g/mol. The van der Waals surface area contributed by atoms with Gasteiger partial charge in [-0.2, -0.15) is 5.10 Å². The van der Waals surface area contributed by atoms with Crippen molar-refractivity contribution < 1.29 is 13.9 Å². The summed E-state index contributed by atoms with van der Waals surface area (Å²) in [4.78, 5) is 23.6. The number of amides is 1. The maximum atomic E-state index is 14.5. The second-order valence-electron chi connectivity index (χ2n) is 7.69. The number of aryl methyl sites for hydroxylation is 2. The lowest BCUT2D eigenvalue weighted by Crippen LogP contribution is -2.28. The quantitative estimate of drug-likeness (QED) is 0.423. The van der Waals surface area contributed by atoms with Crippen molar-refractivity contribution in [3.05, 3.63) is 71.6 Å². The van der Waals surface area contributed by atoms with E-state index in [0.29, 0.717) is 22.5 Å². The Hall–Kier alpha value is -3.81. The minimum absolute atomic E-state index is 0.0641. The fourth-order valence-corrected chi connectivity index (χ4v) is 3.80. The van der Waals surface area contributed by atoms with Crippen LogP contribution in [0.1, 0.15) is 30.8 Å². The van der Waals surface area contributed by atoms with Crippen LogP contribution in [0.2, 0.25) is 0 Å². The zero-order valence-corrected chi connectivity index (χ0v) is 19.2. The van der Waals surface area contributed by atoms with Crippen LogP contribution in [0, 0.1) is 5.82 Å². The molecule has 3 heterocycles. The highest BCUT2D eigenvalue weighted by Crippen LogP contribution is 2.31. The third-order valence-corrected chi connectivity index (χ3v) is 5.71. The Morgan fingerprint density at radius 1 is 1.12 bits per heavy atom. The minimum Gasteiger partial charge on any atom is -0.494 e. The number of hydrogen-bond acceptors (Lipinski definition) is 5. The predicted octanol–water partition coefficient (Wildman–Crippen LogP) is 4.27. The Morgan fingerprint density at radius 3 is 2.52 bits per heavy atom. The van der Waals surface area contributed by atoms with E-state index in [1.54, 1.807) is 53.1 Å². The predicted molar refractivity (Wildman–Crippen MR) is 125 cm³/mol. The summed E-state index contributed by atoms with van der Waals surface area (Å²) >= 11 is 0. The summed E-state index contributed by atoms with van der Waals surface area (Å²) in [5.41, 5.74) is 5.01. The molecule has 170 valence electrons. The Balaban J connectivity index is 1.87. The van der Waals surface area contributed by atoms with Crippen molar-refractivity contribution in [1.29, 1.82) is 0 Å². The molecule has 0 unspecified atom stereocenters. The van der Waals surface area contributed by atoms with Crippen molar-refractivity contribution in [3.8, 4) is 17.0 Å². The van der Waals surface area contributed by atoms with Gasteiger partial charge in [0.15, 0.2) is 17.2 Å². The monoisotopic (exact) mass is 447 g/mol. The van der Waals surface area contributed by atoms with Crippen LogP contribution in [0.25, 0.3) is 16.9 Å². The molecule has 0 saturated heterocycles. The van der Waals surface area contributed by atoms with Gasteiger partial charge in [0, 0.05) is 47.6 Å². The number of benzene rings is 1. The van der Waals surface area contributed by atoms with Crippen molar-refractivity contribution in [2.45, 2.75) is 33.1 Å². The summed E-state index contributed by atoms with van der Waals surface area (Å²) < 4.78 is 21.4. The number of halogens is 1. The van der Waals surface area contributed by atoms with Gasteiger partial charge in [0.2, 0.25) is 5.91 Å². The molecule has 0 fully saturated rings. The van der Waals surface area contributed by atoms with Crippen molar-refractivity contribution in [2.24, 2.45) is 0 Å². The summed E-state index contributed by atoms with van der Waals surface area (Å²) in [6, 6.07) is 10.3. The average Bonchev–Trinajstić information content (AvgIpc) is 3.21. The van der Waals surface area contributed by atoms with Crippen LogP contribution < -0.4 is 9.64 Å². The number of carbonyl (C=O) groups is 1. The summed E-state index contributed by atoms with van der Waals surface area (Å²) in [6.45, 7) is 4.08. The number of rotatable bonds is 7. The fraction of sp³-hybridized carbons (Fsp3) is 0.280. The van der Waals surface area contributed by atoms with E-state index < -0.39 is 5.82 Å². The zero-order valence-electron chi connectivity index (χ0n) is 19.2. The smallest absolute Gasteiger partial charge is 0.231 e. The molecule has 33 heavy (non-hydrogen) atoms. The van der Waals surface area contributed by atoms with Gasteiger partial charge in [-0.3, -0.25) is 9.78 Å². The molecule has 1 aromatic carbocycles. The Morgan fingerprint density at radius 2 is 1.88 bits per heavy atom. The lowest BCUT2D eigenvalue weighted by atomic mass is 10.0. The maximum Gasteiger partial charge on any atom is 0.231 e. The third kappa shape index (κ3) is 4.28. The van der Waals surface area contributed by atoms with Gasteiger partial charge < -0.3 is 9.64 Å². The highest BCUT2D eigenvalue weighted by atomic mass is 19.1. The van der Waals surface area contributed by atoms with Crippen LogP contribution in [-0.4, -0.2) is 39.6 Å². The number of pyridine rings is 1. The van der Waals surface area contributed by atoms with Gasteiger partial charge in [-0.05, 0) is 49.2 Å².